The van der Waals surface area contributed by atoms with Gasteiger partial charge in [-0.05, 0) is 43.7 Å². The number of amides is 1. The van der Waals surface area contributed by atoms with E-state index in [1.807, 2.05) is 32.0 Å². The van der Waals surface area contributed by atoms with Gasteiger partial charge >= 0.3 is 0 Å². The van der Waals surface area contributed by atoms with Gasteiger partial charge in [0.05, 0.1) is 17.2 Å². The lowest BCUT2D eigenvalue weighted by Gasteiger charge is -2.15. The molecule has 22 heavy (non-hydrogen) atoms. The van der Waals surface area contributed by atoms with Crippen molar-refractivity contribution in [3.8, 4) is 6.07 Å². The second-order valence-electron chi connectivity index (χ2n) is 4.89. The normalized spacial score (nSPS) is 11.3. The minimum atomic E-state index is -0.128. The summed E-state index contributed by atoms with van der Waals surface area (Å²) < 4.78 is 0. The number of nitrogens with zero attached hydrogens (tertiary/aromatic N) is 2. The van der Waals surface area contributed by atoms with Crippen LogP contribution in [0.2, 0.25) is 0 Å². The predicted molar refractivity (Wildman–Crippen MR) is 85.4 cm³/mol. The molecule has 2 rings (SSSR count). The molecule has 2 N–H and O–H groups in total. The highest BCUT2D eigenvalue weighted by atomic mass is 16.1. The summed E-state index contributed by atoms with van der Waals surface area (Å²) in [6.07, 6.45) is 1.55. The van der Waals surface area contributed by atoms with Crippen LogP contribution in [0, 0.1) is 11.3 Å². The van der Waals surface area contributed by atoms with Crippen LogP contribution in [0.4, 0.5) is 5.82 Å². The number of nitriles is 1. The molecule has 1 unspecified atom stereocenters. The van der Waals surface area contributed by atoms with Crippen LogP contribution < -0.4 is 10.6 Å². The highest BCUT2D eigenvalue weighted by molar-refractivity contribution is 5.93. The average molecular weight is 294 g/mol. The van der Waals surface area contributed by atoms with Crippen molar-refractivity contribution in [2.45, 2.75) is 19.9 Å². The Morgan fingerprint density at radius 2 is 2.18 bits per heavy atom. The lowest BCUT2D eigenvalue weighted by Crippen LogP contribution is -2.22. The Morgan fingerprint density at radius 1 is 1.36 bits per heavy atom. The summed E-state index contributed by atoms with van der Waals surface area (Å²) in [5, 5.41) is 14.9. The topological polar surface area (TPSA) is 77.8 Å². The molecule has 1 aromatic carbocycles. The SMILES string of the molecule is CCNC(=O)c1ccc(NC(C)c2cccc(C#N)c2)nc1. The van der Waals surface area contributed by atoms with Crippen LogP contribution in [0.15, 0.2) is 42.6 Å². The number of benzene rings is 1. The Labute approximate surface area is 130 Å². The van der Waals surface area contributed by atoms with Gasteiger partial charge in [-0.1, -0.05) is 12.1 Å². The van der Waals surface area contributed by atoms with Crippen molar-refractivity contribution in [3.05, 3.63) is 59.3 Å². The molecule has 1 aromatic heterocycles. The van der Waals surface area contributed by atoms with E-state index >= 15 is 0 Å². The lowest BCUT2D eigenvalue weighted by atomic mass is 10.1. The monoisotopic (exact) mass is 294 g/mol. The predicted octanol–water partition coefficient (Wildman–Crippen LogP) is 2.88. The van der Waals surface area contributed by atoms with Gasteiger partial charge in [0, 0.05) is 18.8 Å². The number of anilines is 1. The van der Waals surface area contributed by atoms with Gasteiger partial charge in [0.2, 0.25) is 0 Å². The number of nitrogens with one attached hydrogen (secondary N) is 2. The largest absolute Gasteiger partial charge is 0.364 e. The summed E-state index contributed by atoms with van der Waals surface area (Å²) in [6, 6.07) is 13.1. The molecule has 2 aromatic rings. The van der Waals surface area contributed by atoms with E-state index in [0.29, 0.717) is 23.5 Å². The molecule has 1 heterocycles. The van der Waals surface area contributed by atoms with E-state index in [2.05, 4.69) is 21.7 Å². The first kappa shape index (κ1) is 15.5. The van der Waals surface area contributed by atoms with Gasteiger partial charge < -0.3 is 10.6 Å². The van der Waals surface area contributed by atoms with Crippen LogP contribution in [0.3, 0.4) is 0 Å². The van der Waals surface area contributed by atoms with Gasteiger partial charge in [-0.25, -0.2) is 4.98 Å². The zero-order valence-corrected chi connectivity index (χ0v) is 12.6. The summed E-state index contributed by atoms with van der Waals surface area (Å²) in [4.78, 5) is 15.9. The van der Waals surface area contributed by atoms with Crippen molar-refractivity contribution in [1.82, 2.24) is 10.3 Å². The van der Waals surface area contributed by atoms with Gasteiger partial charge in [-0.2, -0.15) is 5.26 Å². The van der Waals surface area contributed by atoms with E-state index in [0.717, 1.165) is 5.56 Å². The molecule has 5 heteroatoms. The number of hydrogen-bond donors (Lipinski definition) is 2. The van der Waals surface area contributed by atoms with Crippen molar-refractivity contribution in [2.24, 2.45) is 0 Å². The first-order valence-corrected chi connectivity index (χ1v) is 7.15. The molecule has 0 radical (unpaired) electrons. The summed E-state index contributed by atoms with van der Waals surface area (Å²) in [7, 11) is 0. The fraction of sp³-hybridized carbons (Fsp3) is 0.235. The Kier molecular flexibility index (Phi) is 5.10. The number of carbonyl (C=O) groups is 1. The third-order valence-electron chi connectivity index (χ3n) is 3.24. The number of aromatic nitrogens is 1. The zero-order chi connectivity index (χ0) is 15.9. The van der Waals surface area contributed by atoms with Crippen LogP contribution in [-0.2, 0) is 0 Å². The molecule has 0 aliphatic rings. The minimum absolute atomic E-state index is 0.0103. The quantitative estimate of drug-likeness (QED) is 0.889. The highest BCUT2D eigenvalue weighted by Gasteiger charge is 2.08. The molecule has 0 aliphatic carbocycles. The molecule has 5 nitrogen and oxygen atoms in total. The van der Waals surface area contributed by atoms with Gasteiger partial charge in [-0.15, -0.1) is 0 Å². The van der Waals surface area contributed by atoms with E-state index in [1.165, 1.54) is 0 Å². The number of rotatable bonds is 5. The minimum Gasteiger partial charge on any atom is -0.364 e. The molecule has 0 bridgehead atoms. The summed E-state index contributed by atoms with van der Waals surface area (Å²) in [6.45, 7) is 4.46. The van der Waals surface area contributed by atoms with E-state index in [4.69, 9.17) is 5.26 Å². The Morgan fingerprint density at radius 3 is 2.82 bits per heavy atom. The Bertz CT molecular complexity index is 689. The van der Waals surface area contributed by atoms with E-state index in [-0.39, 0.29) is 11.9 Å². The molecule has 1 atom stereocenters. The Hall–Kier alpha value is -2.87. The van der Waals surface area contributed by atoms with Crippen molar-refractivity contribution in [1.29, 1.82) is 5.26 Å². The zero-order valence-electron chi connectivity index (χ0n) is 12.6. The molecule has 0 fully saturated rings. The maximum absolute atomic E-state index is 11.7. The van der Waals surface area contributed by atoms with Crippen molar-refractivity contribution >= 4 is 11.7 Å². The lowest BCUT2D eigenvalue weighted by molar-refractivity contribution is 0.0955. The molecular formula is C17H18N4O. The fourth-order valence-corrected chi connectivity index (χ4v) is 2.06. The maximum Gasteiger partial charge on any atom is 0.252 e. The molecule has 0 spiro atoms. The molecule has 112 valence electrons. The highest BCUT2D eigenvalue weighted by Crippen LogP contribution is 2.18. The third kappa shape index (κ3) is 3.83. The van der Waals surface area contributed by atoms with Crippen molar-refractivity contribution < 1.29 is 4.79 Å². The molecule has 0 aliphatic heterocycles. The van der Waals surface area contributed by atoms with Crippen LogP contribution >= 0.6 is 0 Å². The van der Waals surface area contributed by atoms with Crippen molar-refractivity contribution in [3.63, 3.8) is 0 Å². The smallest absolute Gasteiger partial charge is 0.252 e. The number of pyridine rings is 1. The standard InChI is InChI=1S/C17H18N4O/c1-3-19-17(22)15-7-8-16(20-11-15)21-12(2)14-6-4-5-13(9-14)10-18/h4-9,11-12H,3H2,1-2H3,(H,19,22)(H,20,21). The second-order valence-corrected chi connectivity index (χ2v) is 4.89. The molecule has 1 amide bonds. The summed E-state index contributed by atoms with van der Waals surface area (Å²) in [5.41, 5.74) is 2.17. The third-order valence-corrected chi connectivity index (χ3v) is 3.24. The van der Waals surface area contributed by atoms with Gasteiger partial charge in [-0.3, -0.25) is 4.79 Å². The number of hydrogen-bond acceptors (Lipinski definition) is 4. The van der Waals surface area contributed by atoms with E-state index in [9.17, 15) is 4.79 Å². The van der Waals surface area contributed by atoms with Crippen LogP contribution in [0.25, 0.3) is 0 Å². The van der Waals surface area contributed by atoms with Gasteiger partial charge in [0.1, 0.15) is 5.82 Å². The summed E-state index contributed by atoms with van der Waals surface area (Å²) >= 11 is 0. The van der Waals surface area contributed by atoms with Gasteiger partial charge in [0.25, 0.3) is 5.91 Å². The fourth-order valence-electron chi connectivity index (χ4n) is 2.06. The Balaban J connectivity index is 2.07. The first-order chi connectivity index (χ1) is 10.6. The first-order valence-electron chi connectivity index (χ1n) is 7.15. The number of carbonyl (C=O) groups excluding carboxylic acids is 1. The van der Waals surface area contributed by atoms with Crippen LogP contribution in [0.1, 0.15) is 41.4 Å². The average Bonchev–Trinajstić information content (AvgIpc) is 2.55. The van der Waals surface area contributed by atoms with E-state index in [1.54, 1.807) is 24.4 Å². The summed E-state index contributed by atoms with van der Waals surface area (Å²) in [5.74, 6) is 0.555. The molecule has 0 saturated heterocycles. The van der Waals surface area contributed by atoms with Crippen molar-refractivity contribution in [2.75, 3.05) is 11.9 Å². The van der Waals surface area contributed by atoms with Crippen LogP contribution in [0.5, 0.6) is 0 Å². The van der Waals surface area contributed by atoms with Crippen LogP contribution in [-0.4, -0.2) is 17.4 Å². The second kappa shape index (κ2) is 7.23. The molecular weight excluding hydrogens is 276 g/mol. The molecule has 0 saturated carbocycles. The maximum atomic E-state index is 11.7. The van der Waals surface area contributed by atoms with Gasteiger partial charge in [0.15, 0.2) is 0 Å². The van der Waals surface area contributed by atoms with E-state index < -0.39 is 0 Å².